The number of para-hydroxylation sites is 2. The highest BCUT2D eigenvalue weighted by Gasteiger charge is 2.23. The molecule has 3 aromatic carbocycles. The molecule has 0 aliphatic rings. The molecule has 1 aromatic heterocycles. The van der Waals surface area contributed by atoms with E-state index in [4.69, 9.17) is 9.47 Å². The number of hydrogen-bond acceptors (Lipinski definition) is 5. The van der Waals surface area contributed by atoms with Gasteiger partial charge in [0.1, 0.15) is 11.6 Å². The van der Waals surface area contributed by atoms with E-state index < -0.39 is 18.0 Å². The number of nitrogens with zero attached hydrogens (tertiary/aromatic N) is 1. The maximum absolute atomic E-state index is 12.8. The van der Waals surface area contributed by atoms with Gasteiger partial charge in [0.25, 0.3) is 5.91 Å². The van der Waals surface area contributed by atoms with Crippen molar-refractivity contribution in [1.82, 2.24) is 9.97 Å². The summed E-state index contributed by atoms with van der Waals surface area (Å²) in [5.41, 5.74) is 3.25. The van der Waals surface area contributed by atoms with Gasteiger partial charge in [-0.2, -0.15) is 0 Å². The molecule has 7 heteroatoms. The molecule has 0 fully saturated rings. The van der Waals surface area contributed by atoms with Gasteiger partial charge in [-0.1, -0.05) is 49.4 Å². The van der Waals surface area contributed by atoms with Crippen LogP contribution in [0.3, 0.4) is 0 Å². The SMILES string of the molecule is CCC(OC(=O)c1ccc2nc(-c3ccccc3)[nH]c2c1)C(=O)Nc1ccccc1OC. The summed E-state index contributed by atoms with van der Waals surface area (Å²) in [6.45, 7) is 1.78. The van der Waals surface area contributed by atoms with Gasteiger partial charge in [0, 0.05) is 5.56 Å². The zero-order valence-electron chi connectivity index (χ0n) is 17.8. The molecule has 1 heterocycles. The molecule has 7 nitrogen and oxygen atoms in total. The Morgan fingerprint density at radius 3 is 2.53 bits per heavy atom. The molecule has 1 amide bonds. The van der Waals surface area contributed by atoms with Crippen molar-refractivity contribution in [3.05, 3.63) is 78.4 Å². The number of nitrogens with one attached hydrogen (secondary N) is 2. The van der Waals surface area contributed by atoms with Gasteiger partial charge >= 0.3 is 5.97 Å². The van der Waals surface area contributed by atoms with Gasteiger partial charge < -0.3 is 19.8 Å². The lowest BCUT2D eigenvalue weighted by atomic mass is 10.2. The van der Waals surface area contributed by atoms with Crippen LogP contribution in [0.2, 0.25) is 0 Å². The summed E-state index contributed by atoms with van der Waals surface area (Å²) in [6.07, 6.45) is -0.610. The van der Waals surface area contributed by atoms with Crippen molar-refractivity contribution >= 4 is 28.6 Å². The van der Waals surface area contributed by atoms with Gasteiger partial charge in [-0.25, -0.2) is 9.78 Å². The number of aromatic amines is 1. The van der Waals surface area contributed by atoms with Crippen LogP contribution in [0.25, 0.3) is 22.4 Å². The molecule has 0 radical (unpaired) electrons. The second-order valence-corrected chi connectivity index (χ2v) is 7.18. The highest BCUT2D eigenvalue weighted by Crippen LogP contribution is 2.24. The standard InChI is InChI=1S/C25H23N3O4/c1-3-21(24(29)28-19-11-7-8-12-22(19)31-2)32-25(30)17-13-14-18-20(15-17)27-23(26-18)16-9-5-4-6-10-16/h4-15,21H,3H2,1-2H3,(H,26,27)(H,28,29). The number of carbonyl (C=O) groups is 2. The largest absolute Gasteiger partial charge is 0.495 e. The number of hydrogen-bond donors (Lipinski definition) is 2. The van der Waals surface area contributed by atoms with Crippen molar-refractivity contribution in [2.45, 2.75) is 19.4 Å². The molecule has 1 atom stereocenters. The van der Waals surface area contributed by atoms with Gasteiger partial charge in [-0.3, -0.25) is 4.79 Å². The summed E-state index contributed by atoms with van der Waals surface area (Å²) < 4.78 is 10.8. The molecule has 162 valence electrons. The molecule has 0 saturated carbocycles. The monoisotopic (exact) mass is 429 g/mol. The Hall–Kier alpha value is -4.13. The van der Waals surface area contributed by atoms with E-state index in [-0.39, 0.29) is 0 Å². The quantitative estimate of drug-likeness (QED) is 0.411. The first-order valence-electron chi connectivity index (χ1n) is 10.3. The van der Waals surface area contributed by atoms with Crippen LogP contribution in [0.4, 0.5) is 5.69 Å². The molecule has 0 aliphatic heterocycles. The summed E-state index contributed by atoms with van der Waals surface area (Å²) in [6, 6.07) is 21.9. The number of aromatic nitrogens is 2. The van der Waals surface area contributed by atoms with Crippen LogP contribution in [0.1, 0.15) is 23.7 Å². The second-order valence-electron chi connectivity index (χ2n) is 7.18. The number of anilines is 1. The zero-order chi connectivity index (χ0) is 22.5. The third kappa shape index (κ3) is 4.46. The highest BCUT2D eigenvalue weighted by molar-refractivity contribution is 5.99. The Kier molecular flexibility index (Phi) is 6.17. The number of methoxy groups -OCH3 is 1. The number of ether oxygens (including phenoxy) is 2. The summed E-state index contributed by atoms with van der Waals surface area (Å²) >= 11 is 0. The summed E-state index contributed by atoms with van der Waals surface area (Å²) in [5, 5.41) is 2.76. The van der Waals surface area contributed by atoms with Gasteiger partial charge in [-0.15, -0.1) is 0 Å². The van der Waals surface area contributed by atoms with E-state index >= 15 is 0 Å². The Morgan fingerprint density at radius 1 is 1.03 bits per heavy atom. The first-order chi connectivity index (χ1) is 15.6. The Bertz CT molecular complexity index is 1250. The van der Waals surface area contributed by atoms with Crippen LogP contribution in [-0.4, -0.2) is 35.1 Å². The van der Waals surface area contributed by atoms with Crippen molar-refractivity contribution < 1.29 is 19.1 Å². The van der Waals surface area contributed by atoms with Crippen LogP contribution in [0.5, 0.6) is 5.75 Å². The highest BCUT2D eigenvalue weighted by atomic mass is 16.5. The number of carbonyl (C=O) groups excluding carboxylic acids is 2. The molecule has 1 unspecified atom stereocenters. The molecule has 0 bridgehead atoms. The van der Waals surface area contributed by atoms with Crippen molar-refractivity contribution in [3.8, 4) is 17.1 Å². The third-order valence-corrected chi connectivity index (χ3v) is 5.04. The van der Waals surface area contributed by atoms with Crippen LogP contribution in [0.15, 0.2) is 72.8 Å². The topological polar surface area (TPSA) is 93.3 Å². The molecule has 0 aliphatic carbocycles. The van der Waals surface area contributed by atoms with Crippen LogP contribution >= 0.6 is 0 Å². The summed E-state index contributed by atoms with van der Waals surface area (Å²) in [5.74, 6) is 0.249. The zero-order valence-corrected chi connectivity index (χ0v) is 17.8. The number of benzene rings is 3. The first-order valence-corrected chi connectivity index (χ1v) is 10.3. The molecule has 32 heavy (non-hydrogen) atoms. The van der Waals surface area contributed by atoms with E-state index in [1.54, 1.807) is 49.4 Å². The van der Waals surface area contributed by atoms with Gasteiger partial charge in [-0.05, 0) is 36.8 Å². The predicted molar refractivity (Wildman–Crippen MR) is 123 cm³/mol. The van der Waals surface area contributed by atoms with Crippen LogP contribution < -0.4 is 10.1 Å². The van der Waals surface area contributed by atoms with E-state index in [9.17, 15) is 9.59 Å². The first kappa shape index (κ1) is 21.1. The van der Waals surface area contributed by atoms with Crippen molar-refractivity contribution in [3.63, 3.8) is 0 Å². The minimum atomic E-state index is -0.940. The fourth-order valence-corrected chi connectivity index (χ4v) is 3.35. The van der Waals surface area contributed by atoms with Crippen LogP contribution in [0, 0.1) is 0 Å². The van der Waals surface area contributed by atoms with Gasteiger partial charge in [0.15, 0.2) is 6.10 Å². The third-order valence-electron chi connectivity index (χ3n) is 5.04. The molecule has 0 spiro atoms. The van der Waals surface area contributed by atoms with Crippen LogP contribution in [-0.2, 0) is 9.53 Å². The lowest BCUT2D eigenvalue weighted by Gasteiger charge is -2.17. The molecular weight excluding hydrogens is 406 g/mol. The average Bonchev–Trinajstić information content (AvgIpc) is 3.26. The maximum atomic E-state index is 12.8. The lowest BCUT2D eigenvalue weighted by molar-refractivity contribution is -0.124. The number of esters is 1. The molecular formula is C25H23N3O4. The lowest BCUT2D eigenvalue weighted by Crippen LogP contribution is -2.32. The minimum Gasteiger partial charge on any atom is -0.495 e. The number of H-pyrrole nitrogens is 1. The number of imidazole rings is 1. The van der Waals surface area contributed by atoms with E-state index in [2.05, 4.69) is 15.3 Å². The van der Waals surface area contributed by atoms with Crippen molar-refractivity contribution in [1.29, 1.82) is 0 Å². The molecule has 0 saturated heterocycles. The van der Waals surface area contributed by atoms with E-state index in [0.717, 1.165) is 11.1 Å². The summed E-state index contributed by atoms with van der Waals surface area (Å²) in [4.78, 5) is 33.2. The number of amides is 1. The second kappa shape index (κ2) is 9.34. The van der Waals surface area contributed by atoms with E-state index in [1.165, 1.54) is 7.11 Å². The molecule has 4 aromatic rings. The average molecular weight is 429 g/mol. The number of rotatable bonds is 7. The van der Waals surface area contributed by atoms with Gasteiger partial charge in [0.05, 0.1) is 29.4 Å². The predicted octanol–water partition coefficient (Wildman–Crippen LogP) is 4.81. The smallest absolute Gasteiger partial charge is 0.338 e. The minimum absolute atomic E-state index is 0.331. The van der Waals surface area contributed by atoms with E-state index in [1.807, 2.05) is 30.3 Å². The normalized spacial score (nSPS) is 11.7. The Labute approximate surface area is 185 Å². The molecule has 4 rings (SSSR count). The fraction of sp³-hybridized carbons (Fsp3) is 0.160. The Balaban J connectivity index is 1.49. The summed E-state index contributed by atoms with van der Waals surface area (Å²) in [7, 11) is 1.52. The molecule has 2 N–H and O–H groups in total. The maximum Gasteiger partial charge on any atom is 0.338 e. The van der Waals surface area contributed by atoms with Gasteiger partial charge in [0.2, 0.25) is 0 Å². The number of fused-ring (bicyclic) bond motifs is 1. The van der Waals surface area contributed by atoms with E-state index in [0.29, 0.717) is 34.8 Å². The van der Waals surface area contributed by atoms with Crippen molar-refractivity contribution in [2.75, 3.05) is 12.4 Å². The van der Waals surface area contributed by atoms with Crippen molar-refractivity contribution in [2.24, 2.45) is 0 Å². The fourth-order valence-electron chi connectivity index (χ4n) is 3.35. The Morgan fingerprint density at radius 2 is 1.78 bits per heavy atom.